The maximum absolute atomic E-state index is 14.0. The van der Waals surface area contributed by atoms with Crippen molar-refractivity contribution in [1.29, 1.82) is 0 Å². The van der Waals surface area contributed by atoms with Crippen molar-refractivity contribution in [1.82, 2.24) is 4.90 Å². The maximum Gasteiger partial charge on any atom is 0.128 e. The van der Waals surface area contributed by atoms with Crippen LogP contribution >= 0.6 is 0 Å². The second-order valence-corrected chi connectivity index (χ2v) is 5.73. The second kappa shape index (κ2) is 4.98. The summed E-state index contributed by atoms with van der Waals surface area (Å²) >= 11 is 0. The van der Waals surface area contributed by atoms with Gasteiger partial charge in [0, 0.05) is 31.2 Å². The molecule has 18 heavy (non-hydrogen) atoms. The number of halogens is 1. The predicted octanol–water partition coefficient (Wildman–Crippen LogP) is 2.66. The molecule has 98 valence electrons. The predicted molar refractivity (Wildman–Crippen MR) is 70.4 cm³/mol. The van der Waals surface area contributed by atoms with Gasteiger partial charge in [0.05, 0.1) is 0 Å². The van der Waals surface area contributed by atoms with Crippen LogP contribution in [0, 0.1) is 11.7 Å². The highest BCUT2D eigenvalue weighted by Gasteiger charge is 2.33. The molecule has 0 saturated heterocycles. The first-order valence-electron chi connectivity index (χ1n) is 6.97. The monoisotopic (exact) mass is 248 g/mol. The Labute approximate surface area is 108 Å². The smallest absolute Gasteiger partial charge is 0.128 e. The Bertz CT molecular complexity index is 425. The van der Waals surface area contributed by atoms with Crippen LogP contribution in [0.4, 0.5) is 4.39 Å². The van der Waals surface area contributed by atoms with E-state index >= 15 is 0 Å². The molecule has 0 aliphatic heterocycles. The van der Waals surface area contributed by atoms with Gasteiger partial charge in [0.2, 0.25) is 0 Å². The SMILES string of the molecule is NCc1ccc(CN(CC2CC2)C2CC2)c(F)c1. The molecule has 0 heterocycles. The molecule has 2 nitrogen and oxygen atoms in total. The minimum Gasteiger partial charge on any atom is -0.326 e. The molecule has 2 aliphatic rings. The van der Waals surface area contributed by atoms with E-state index in [0.717, 1.165) is 30.1 Å². The summed E-state index contributed by atoms with van der Waals surface area (Å²) in [6, 6.07) is 6.14. The lowest BCUT2D eigenvalue weighted by Gasteiger charge is -2.22. The first-order valence-corrected chi connectivity index (χ1v) is 6.97. The number of benzene rings is 1. The molecule has 1 aromatic rings. The van der Waals surface area contributed by atoms with Crippen molar-refractivity contribution in [2.24, 2.45) is 11.7 Å². The average molecular weight is 248 g/mol. The second-order valence-electron chi connectivity index (χ2n) is 5.73. The van der Waals surface area contributed by atoms with Gasteiger partial charge < -0.3 is 5.73 Å². The maximum atomic E-state index is 14.0. The van der Waals surface area contributed by atoms with E-state index in [0.29, 0.717) is 12.6 Å². The van der Waals surface area contributed by atoms with E-state index < -0.39 is 0 Å². The van der Waals surface area contributed by atoms with Crippen LogP contribution in [0.2, 0.25) is 0 Å². The summed E-state index contributed by atoms with van der Waals surface area (Å²) in [5.74, 6) is 0.774. The molecule has 0 radical (unpaired) electrons. The number of nitrogens with two attached hydrogens (primary N) is 1. The first-order chi connectivity index (χ1) is 8.76. The van der Waals surface area contributed by atoms with E-state index in [2.05, 4.69) is 4.90 Å². The highest BCUT2D eigenvalue weighted by atomic mass is 19.1. The van der Waals surface area contributed by atoms with Crippen LogP contribution in [0.3, 0.4) is 0 Å². The Morgan fingerprint density at radius 2 is 2.00 bits per heavy atom. The molecular weight excluding hydrogens is 227 g/mol. The molecule has 2 N–H and O–H groups in total. The van der Waals surface area contributed by atoms with Gasteiger partial charge >= 0.3 is 0 Å². The van der Waals surface area contributed by atoms with E-state index in [1.165, 1.54) is 25.7 Å². The van der Waals surface area contributed by atoms with Crippen LogP contribution in [-0.4, -0.2) is 17.5 Å². The highest BCUT2D eigenvalue weighted by Crippen LogP contribution is 2.35. The highest BCUT2D eigenvalue weighted by molar-refractivity contribution is 5.24. The molecule has 0 atom stereocenters. The Kier molecular flexibility index (Phi) is 3.35. The van der Waals surface area contributed by atoms with Crippen molar-refractivity contribution < 1.29 is 4.39 Å². The fourth-order valence-corrected chi connectivity index (χ4v) is 2.48. The number of rotatable bonds is 6. The molecular formula is C15H21FN2. The Hall–Kier alpha value is -0.930. The van der Waals surface area contributed by atoms with E-state index in [-0.39, 0.29) is 5.82 Å². The summed E-state index contributed by atoms with van der Waals surface area (Å²) in [5, 5.41) is 0. The Morgan fingerprint density at radius 1 is 1.22 bits per heavy atom. The van der Waals surface area contributed by atoms with Crippen LogP contribution in [0.15, 0.2) is 18.2 Å². The lowest BCUT2D eigenvalue weighted by Crippen LogP contribution is -2.28. The van der Waals surface area contributed by atoms with Crippen LogP contribution < -0.4 is 5.73 Å². The van der Waals surface area contributed by atoms with E-state index in [1.54, 1.807) is 6.07 Å². The molecule has 0 aromatic heterocycles. The van der Waals surface area contributed by atoms with Crippen LogP contribution in [-0.2, 0) is 13.1 Å². The zero-order valence-corrected chi connectivity index (χ0v) is 10.7. The van der Waals surface area contributed by atoms with Gasteiger partial charge in [-0.15, -0.1) is 0 Å². The third-order valence-electron chi connectivity index (χ3n) is 3.98. The number of hydrogen-bond donors (Lipinski definition) is 1. The number of hydrogen-bond acceptors (Lipinski definition) is 2. The molecule has 2 fully saturated rings. The minimum atomic E-state index is -0.0978. The van der Waals surface area contributed by atoms with Crippen molar-refractivity contribution in [3.8, 4) is 0 Å². The van der Waals surface area contributed by atoms with Crippen molar-refractivity contribution in [2.75, 3.05) is 6.54 Å². The topological polar surface area (TPSA) is 29.3 Å². The van der Waals surface area contributed by atoms with Crippen molar-refractivity contribution in [3.05, 3.63) is 35.1 Å². The van der Waals surface area contributed by atoms with Crippen molar-refractivity contribution in [3.63, 3.8) is 0 Å². The summed E-state index contributed by atoms with van der Waals surface area (Å²) in [6.07, 6.45) is 5.29. The zero-order chi connectivity index (χ0) is 12.5. The molecule has 2 aliphatic carbocycles. The summed E-state index contributed by atoms with van der Waals surface area (Å²) in [7, 11) is 0. The van der Waals surface area contributed by atoms with Gasteiger partial charge in [-0.2, -0.15) is 0 Å². The molecule has 0 bridgehead atoms. The van der Waals surface area contributed by atoms with E-state index in [1.807, 2.05) is 12.1 Å². The van der Waals surface area contributed by atoms with Gasteiger partial charge in [-0.05, 0) is 43.2 Å². The lowest BCUT2D eigenvalue weighted by atomic mass is 10.1. The van der Waals surface area contributed by atoms with Crippen LogP contribution in [0.1, 0.15) is 36.8 Å². The summed E-state index contributed by atoms with van der Waals surface area (Å²) in [5.41, 5.74) is 7.22. The van der Waals surface area contributed by atoms with E-state index in [4.69, 9.17) is 5.73 Å². The Balaban J connectivity index is 1.68. The van der Waals surface area contributed by atoms with Crippen LogP contribution in [0.25, 0.3) is 0 Å². The molecule has 1 aromatic carbocycles. The molecule has 0 spiro atoms. The van der Waals surface area contributed by atoms with Gasteiger partial charge in [0.1, 0.15) is 5.82 Å². The summed E-state index contributed by atoms with van der Waals surface area (Å²) < 4.78 is 14.0. The zero-order valence-electron chi connectivity index (χ0n) is 10.7. The number of nitrogens with zero attached hydrogens (tertiary/aromatic N) is 1. The van der Waals surface area contributed by atoms with Gasteiger partial charge in [0.15, 0.2) is 0 Å². The van der Waals surface area contributed by atoms with Gasteiger partial charge in [-0.3, -0.25) is 4.90 Å². The lowest BCUT2D eigenvalue weighted by molar-refractivity contribution is 0.241. The molecule has 3 heteroatoms. The molecule has 3 rings (SSSR count). The molecule has 0 amide bonds. The largest absolute Gasteiger partial charge is 0.326 e. The van der Waals surface area contributed by atoms with Gasteiger partial charge in [-0.1, -0.05) is 12.1 Å². The third-order valence-corrected chi connectivity index (χ3v) is 3.98. The van der Waals surface area contributed by atoms with E-state index in [9.17, 15) is 4.39 Å². The molecule has 0 unspecified atom stereocenters. The third kappa shape index (κ3) is 2.90. The fourth-order valence-electron chi connectivity index (χ4n) is 2.48. The summed E-state index contributed by atoms with van der Waals surface area (Å²) in [4.78, 5) is 2.47. The van der Waals surface area contributed by atoms with Crippen LogP contribution in [0.5, 0.6) is 0 Å². The van der Waals surface area contributed by atoms with Gasteiger partial charge in [-0.25, -0.2) is 4.39 Å². The quantitative estimate of drug-likeness (QED) is 0.838. The van der Waals surface area contributed by atoms with Crippen molar-refractivity contribution in [2.45, 2.75) is 44.8 Å². The van der Waals surface area contributed by atoms with Crippen molar-refractivity contribution >= 4 is 0 Å². The summed E-state index contributed by atoms with van der Waals surface area (Å²) in [6.45, 7) is 2.33. The minimum absolute atomic E-state index is 0.0978. The fraction of sp³-hybridized carbons (Fsp3) is 0.600. The standard InChI is InChI=1S/C15H21FN2/c16-15-7-12(8-17)3-4-13(15)10-18(14-5-6-14)9-11-1-2-11/h3-4,7,11,14H,1-2,5-6,8-10,17H2. The Morgan fingerprint density at radius 3 is 2.56 bits per heavy atom. The van der Waals surface area contributed by atoms with Gasteiger partial charge in [0.25, 0.3) is 0 Å². The molecule has 2 saturated carbocycles. The first kappa shape index (κ1) is 12.1. The average Bonchev–Trinajstić information content (AvgIpc) is 3.23. The normalized spacial score (nSPS) is 19.5.